The van der Waals surface area contributed by atoms with E-state index in [1.54, 1.807) is 18.3 Å². The van der Waals surface area contributed by atoms with Crippen LogP contribution in [0.2, 0.25) is 10.0 Å². The maximum absolute atomic E-state index is 6.21. The van der Waals surface area contributed by atoms with Crippen LogP contribution in [0.5, 0.6) is 11.5 Å². The van der Waals surface area contributed by atoms with Crippen LogP contribution in [0.1, 0.15) is 33.6 Å². The predicted molar refractivity (Wildman–Crippen MR) is 117 cm³/mol. The molecule has 0 spiro atoms. The number of hydrogen-bond donors (Lipinski definition) is 0. The van der Waals surface area contributed by atoms with Gasteiger partial charge in [0.15, 0.2) is 5.75 Å². The van der Waals surface area contributed by atoms with Gasteiger partial charge in [0, 0.05) is 18.7 Å². The third-order valence-electron chi connectivity index (χ3n) is 2.98. The van der Waals surface area contributed by atoms with E-state index < -0.39 is 0 Å². The summed E-state index contributed by atoms with van der Waals surface area (Å²) in [6.45, 7) is 7.46. The third-order valence-corrected chi connectivity index (χ3v) is 3.85. The number of unbranched alkanes of at least 4 members (excludes halogenated alkanes) is 1. The summed E-state index contributed by atoms with van der Waals surface area (Å²) in [5, 5.41) is 4.58. The lowest BCUT2D eigenvalue weighted by atomic mass is 10.2. The van der Waals surface area contributed by atoms with Crippen molar-refractivity contribution < 1.29 is 19.0 Å². The maximum Gasteiger partial charge on any atom is 0.156 e. The molecule has 1 rings (SSSR count). The van der Waals surface area contributed by atoms with Gasteiger partial charge in [0.25, 0.3) is 0 Å². The first-order chi connectivity index (χ1) is 13.2. The van der Waals surface area contributed by atoms with Gasteiger partial charge in [-0.2, -0.15) is 0 Å². The Morgan fingerprint density at radius 1 is 1.00 bits per heavy atom. The summed E-state index contributed by atoms with van der Waals surface area (Å²) in [5.41, 5.74) is -0.296. The molecular formula is C19H25Cl4NO4. The number of rotatable bonds is 12. The minimum absolute atomic E-state index is 0.131. The number of oxime groups is 1. The van der Waals surface area contributed by atoms with E-state index in [-0.39, 0.29) is 16.7 Å². The standard InChI is InChI=1S/C19H25Cl4NO4/c1-19(2,3)28-24-7-11-25-8-4-5-9-27-18-15(20)12-14(13-16(18)21)26-10-6-17(22)23/h6-7,12-13H,4-5,8-11H2,1-3H3. The van der Waals surface area contributed by atoms with Crippen LogP contribution < -0.4 is 9.47 Å². The zero-order chi connectivity index (χ0) is 21.0. The van der Waals surface area contributed by atoms with Crippen LogP contribution in [-0.2, 0) is 9.57 Å². The van der Waals surface area contributed by atoms with Crippen LogP contribution in [0.25, 0.3) is 0 Å². The third kappa shape index (κ3) is 11.9. The molecule has 158 valence electrons. The SMILES string of the molecule is CC(C)(C)ON=CCOCCCCOc1c(Cl)cc(OCC=C(Cl)Cl)cc1Cl. The maximum atomic E-state index is 6.21. The minimum Gasteiger partial charge on any atom is -0.490 e. The Labute approximate surface area is 186 Å². The second-order valence-electron chi connectivity index (χ2n) is 6.64. The normalized spacial score (nSPS) is 11.5. The summed E-state index contributed by atoms with van der Waals surface area (Å²) in [7, 11) is 0. The smallest absolute Gasteiger partial charge is 0.156 e. The van der Waals surface area contributed by atoms with Gasteiger partial charge in [0.05, 0.1) is 29.5 Å². The van der Waals surface area contributed by atoms with Crippen LogP contribution in [0, 0.1) is 0 Å². The molecule has 0 saturated heterocycles. The molecule has 1 aromatic rings. The Hall–Kier alpha value is -0.850. The van der Waals surface area contributed by atoms with Crippen molar-refractivity contribution in [3.05, 3.63) is 32.7 Å². The molecule has 0 saturated carbocycles. The van der Waals surface area contributed by atoms with Gasteiger partial charge >= 0.3 is 0 Å². The van der Waals surface area contributed by atoms with Gasteiger partial charge < -0.3 is 19.0 Å². The summed E-state index contributed by atoms with van der Waals surface area (Å²) in [6.07, 6.45) is 4.73. The highest BCUT2D eigenvalue weighted by atomic mass is 35.5. The second kappa shape index (κ2) is 13.4. The molecule has 1 aromatic carbocycles. The van der Waals surface area contributed by atoms with Gasteiger partial charge in [-0.1, -0.05) is 51.6 Å². The van der Waals surface area contributed by atoms with Gasteiger partial charge in [-0.25, -0.2) is 0 Å². The van der Waals surface area contributed by atoms with E-state index in [9.17, 15) is 0 Å². The summed E-state index contributed by atoms with van der Waals surface area (Å²) < 4.78 is 16.7. The van der Waals surface area contributed by atoms with Crippen molar-refractivity contribution in [2.75, 3.05) is 26.4 Å². The van der Waals surface area contributed by atoms with Crippen molar-refractivity contribution in [3.8, 4) is 11.5 Å². The molecule has 9 heteroatoms. The highest BCUT2D eigenvalue weighted by Crippen LogP contribution is 2.37. The molecule has 0 radical (unpaired) electrons. The molecule has 0 aliphatic rings. The molecular weight excluding hydrogens is 448 g/mol. The Morgan fingerprint density at radius 3 is 2.25 bits per heavy atom. The lowest BCUT2D eigenvalue weighted by Gasteiger charge is -2.14. The number of ether oxygens (including phenoxy) is 3. The number of halogens is 4. The van der Waals surface area contributed by atoms with E-state index in [1.165, 1.54) is 6.08 Å². The quantitative estimate of drug-likeness (QED) is 0.193. The average molecular weight is 473 g/mol. The molecule has 0 amide bonds. The molecule has 0 unspecified atom stereocenters. The van der Waals surface area contributed by atoms with E-state index >= 15 is 0 Å². The lowest BCUT2D eigenvalue weighted by molar-refractivity contribution is 0.000659. The summed E-state index contributed by atoms with van der Waals surface area (Å²) in [5.74, 6) is 0.924. The predicted octanol–water partition coefficient (Wildman–Crippen LogP) is 6.67. The average Bonchev–Trinajstić information content (AvgIpc) is 2.57. The minimum atomic E-state index is -0.296. The topological polar surface area (TPSA) is 49.3 Å². The summed E-state index contributed by atoms with van der Waals surface area (Å²) in [4.78, 5) is 5.21. The second-order valence-corrected chi connectivity index (χ2v) is 8.47. The molecule has 0 heterocycles. The molecule has 0 bridgehead atoms. The fourth-order valence-corrected chi connectivity index (χ4v) is 2.50. The van der Waals surface area contributed by atoms with Gasteiger partial charge in [0.2, 0.25) is 0 Å². The van der Waals surface area contributed by atoms with Crippen LogP contribution in [-0.4, -0.2) is 38.2 Å². The summed E-state index contributed by atoms with van der Waals surface area (Å²) in [6, 6.07) is 3.25. The van der Waals surface area contributed by atoms with E-state index in [2.05, 4.69) is 5.16 Å². The fraction of sp³-hybridized carbons (Fsp3) is 0.526. The molecule has 0 aliphatic carbocycles. The Balaban J connectivity index is 2.25. The Bertz CT molecular complexity index is 633. The number of benzene rings is 1. The van der Waals surface area contributed by atoms with Crippen molar-refractivity contribution in [2.24, 2.45) is 5.16 Å². The van der Waals surface area contributed by atoms with E-state index in [0.29, 0.717) is 41.4 Å². The zero-order valence-corrected chi connectivity index (χ0v) is 19.2. The van der Waals surface area contributed by atoms with Crippen LogP contribution in [0.3, 0.4) is 0 Å². The summed E-state index contributed by atoms with van der Waals surface area (Å²) >= 11 is 23.5. The van der Waals surface area contributed by atoms with Crippen molar-refractivity contribution in [1.29, 1.82) is 0 Å². The highest BCUT2D eigenvalue weighted by Gasteiger charge is 2.11. The Morgan fingerprint density at radius 2 is 1.64 bits per heavy atom. The van der Waals surface area contributed by atoms with E-state index in [1.807, 2.05) is 20.8 Å². The largest absolute Gasteiger partial charge is 0.490 e. The lowest BCUT2D eigenvalue weighted by Crippen LogP contribution is -2.15. The van der Waals surface area contributed by atoms with Gasteiger partial charge in [-0.15, -0.1) is 0 Å². The molecule has 0 aliphatic heterocycles. The van der Waals surface area contributed by atoms with Gasteiger partial charge in [-0.3, -0.25) is 0 Å². The van der Waals surface area contributed by atoms with Crippen molar-refractivity contribution in [2.45, 2.75) is 39.2 Å². The van der Waals surface area contributed by atoms with Crippen molar-refractivity contribution >= 4 is 52.6 Å². The first-order valence-electron chi connectivity index (χ1n) is 8.72. The molecule has 28 heavy (non-hydrogen) atoms. The zero-order valence-electron chi connectivity index (χ0n) is 16.1. The Kier molecular flexibility index (Phi) is 12.0. The monoisotopic (exact) mass is 471 g/mol. The van der Waals surface area contributed by atoms with Crippen LogP contribution in [0.15, 0.2) is 27.9 Å². The van der Waals surface area contributed by atoms with E-state index in [4.69, 9.17) is 65.5 Å². The molecule has 5 nitrogen and oxygen atoms in total. The molecule has 0 N–H and O–H groups in total. The number of hydrogen-bond acceptors (Lipinski definition) is 5. The first kappa shape index (κ1) is 25.2. The van der Waals surface area contributed by atoms with Crippen LogP contribution >= 0.6 is 46.4 Å². The van der Waals surface area contributed by atoms with Crippen molar-refractivity contribution in [3.63, 3.8) is 0 Å². The van der Waals surface area contributed by atoms with Gasteiger partial charge in [0.1, 0.15) is 22.4 Å². The molecule has 0 atom stereocenters. The number of nitrogens with zero attached hydrogens (tertiary/aromatic N) is 1. The molecule has 0 fully saturated rings. The first-order valence-corrected chi connectivity index (χ1v) is 10.2. The van der Waals surface area contributed by atoms with Crippen molar-refractivity contribution in [1.82, 2.24) is 0 Å². The van der Waals surface area contributed by atoms with E-state index in [0.717, 1.165) is 12.8 Å². The van der Waals surface area contributed by atoms with Crippen LogP contribution in [0.4, 0.5) is 0 Å². The highest BCUT2D eigenvalue weighted by molar-refractivity contribution is 6.55. The fourth-order valence-electron chi connectivity index (χ4n) is 1.80. The molecule has 0 aromatic heterocycles. The van der Waals surface area contributed by atoms with Gasteiger partial charge in [-0.05, 0) is 39.7 Å².